The van der Waals surface area contributed by atoms with Crippen LogP contribution in [0.2, 0.25) is 0 Å². The van der Waals surface area contributed by atoms with Crippen LogP contribution in [0.15, 0.2) is 29.4 Å². The minimum atomic E-state index is -0.686. The highest BCUT2D eigenvalue weighted by atomic mass is 16.2. The molecule has 110 valence electrons. The number of aryl methyl sites for hydroxylation is 2. The fourth-order valence-corrected chi connectivity index (χ4v) is 2.08. The number of benzene rings is 1. The molecule has 6 nitrogen and oxygen atoms in total. The van der Waals surface area contributed by atoms with Crippen molar-refractivity contribution in [3.05, 3.63) is 52.3 Å². The van der Waals surface area contributed by atoms with Gasteiger partial charge in [0.15, 0.2) is 0 Å². The number of hydrogen-bond acceptors (Lipinski definition) is 3. The van der Waals surface area contributed by atoms with Gasteiger partial charge in [0.2, 0.25) is 0 Å². The molecule has 0 atom stereocenters. The van der Waals surface area contributed by atoms with E-state index in [0.29, 0.717) is 6.54 Å². The van der Waals surface area contributed by atoms with Crippen LogP contribution in [0.1, 0.15) is 28.1 Å². The topological polar surface area (TPSA) is 85.3 Å². The zero-order chi connectivity index (χ0) is 15.4. The second kappa shape index (κ2) is 6.21. The van der Waals surface area contributed by atoms with E-state index in [1.807, 2.05) is 18.5 Å². The minimum Gasteiger partial charge on any atom is -0.350 e. The highest BCUT2D eigenvalue weighted by Crippen LogP contribution is 2.13. The summed E-state index contributed by atoms with van der Waals surface area (Å²) in [5.41, 5.74) is 12.3. The Hall–Kier alpha value is -2.63. The summed E-state index contributed by atoms with van der Waals surface area (Å²) in [6.45, 7) is 6.64. The van der Waals surface area contributed by atoms with Gasteiger partial charge in [-0.05, 0) is 26.3 Å². The molecule has 0 bridgehead atoms. The zero-order valence-electron chi connectivity index (χ0n) is 12.4. The van der Waals surface area contributed by atoms with Crippen LogP contribution in [0.4, 0.5) is 4.79 Å². The first-order valence-electron chi connectivity index (χ1n) is 6.65. The van der Waals surface area contributed by atoms with Crippen molar-refractivity contribution in [2.45, 2.75) is 27.3 Å². The van der Waals surface area contributed by atoms with Crippen molar-refractivity contribution in [1.82, 2.24) is 15.2 Å². The standard InChI is InChI=1S/C15H19N5O/c1-10-4-6-13(7-5-10)9-20-12(3)14(11(2)19-20)8-17-18-15(16)21/h4-8H,9H2,1-3H3,(H3,16,18,21)/b17-8-. The maximum Gasteiger partial charge on any atom is 0.332 e. The molecule has 2 aromatic rings. The number of nitrogens with one attached hydrogen (secondary N) is 1. The van der Waals surface area contributed by atoms with Gasteiger partial charge in [-0.25, -0.2) is 10.2 Å². The summed E-state index contributed by atoms with van der Waals surface area (Å²) in [5.74, 6) is 0. The summed E-state index contributed by atoms with van der Waals surface area (Å²) in [6, 6.07) is 7.66. The highest BCUT2D eigenvalue weighted by molar-refractivity contribution is 5.83. The van der Waals surface area contributed by atoms with Crippen LogP contribution in [-0.4, -0.2) is 22.0 Å². The molecule has 0 saturated carbocycles. The van der Waals surface area contributed by atoms with Crippen LogP contribution in [0, 0.1) is 20.8 Å². The van der Waals surface area contributed by atoms with Gasteiger partial charge in [-0.2, -0.15) is 10.2 Å². The Balaban J connectivity index is 2.20. The lowest BCUT2D eigenvalue weighted by molar-refractivity contribution is 0.249. The Kier molecular flexibility index (Phi) is 4.37. The van der Waals surface area contributed by atoms with Gasteiger partial charge >= 0.3 is 6.03 Å². The number of aromatic nitrogens is 2. The maximum atomic E-state index is 10.6. The number of carbonyl (C=O) groups is 1. The second-order valence-corrected chi connectivity index (χ2v) is 4.96. The lowest BCUT2D eigenvalue weighted by Crippen LogP contribution is -2.24. The number of nitrogens with two attached hydrogens (primary N) is 1. The van der Waals surface area contributed by atoms with Crippen molar-refractivity contribution in [1.29, 1.82) is 0 Å². The highest BCUT2D eigenvalue weighted by Gasteiger charge is 2.10. The smallest absolute Gasteiger partial charge is 0.332 e. The molecule has 0 spiro atoms. The van der Waals surface area contributed by atoms with Gasteiger partial charge in [-0.3, -0.25) is 4.68 Å². The number of urea groups is 1. The van der Waals surface area contributed by atoms with Crippen molar-refractivity contribution >= 4 is 12.2 Å². The lowest BCUT2D eigenvalue weighted by atomic mass is 10.1. The molecule has 21 heavy (non-hydrogen) atoms. The molecule has 0 saturated heterocycles. The molecule has 1 heterocycles. The molecule has 2 amide bonds. The molecule has 0 aliphatic heterocycles. The quantitative estimate of drug-likeness (QED) is 0.663. The number of carbonyl (C=O) groups excluding carboxylic acids is 1. The minimum absolute atomic E-state index is 0.686. The predicted octanol–water partition coefficient (Wildman–Crippen LogP) is 1.86. The summed E-state index contributed by atoms with van der Waals surface area (Å²) >= 11 is 0. The van der Waals surface area contributed by atoms with Crippen LogP contribution in [-0.2, 0) is 6.54 Å². The van der Waals surface area contributed by atoms with Gasteiger partial charge in [0.25, 0.3) is 0 Å². The van der Waals surface area contributed by atoms with Crippen LogP contribution in [0.3, 0.4) is 0 Å². The summed E-state index contributed by atoms with van der Waals surface area (Å²) in [5, 5.41) is 8.30. The van der Waals surface area contributed by atoms with Gasteiger partial charge in [0.05, 0.1) is 18.5 Å². The number of amides is 2. The number of nitrogens with zero attached hydrogens (tertiary/aromatic N) is 3. The molecule has 0 aliphatic rings. The number of hydrogen-bond donors (Lipinski definition) is 2. The van der Waals surface area contributed by atoms with Crippen LogP contribution < -0.4 is 11.2 Å². The molecule has 0 radical (unpaired) electrons. The Bertz CT molecular complexity index is 670. The molecule has 0 fully saturated rings. The van der Waals surface area contributed by atoms with E-state index in [1.54, 1.807) is 6.21 Å². The molecule has 0 aliphatic carbocycles. The predicted molar refractivity (Wildman–Crippen MR) is 82.3 cm³/mol. The van der Waals surface area contributed by atoms with E-state index in [-0.39, 0.29) is 0 Å². The third-order valence-corrected chi connectivity index (χ3v) is 3.26. The Morgan fingerprint density at radius 2 is 2.00 bits per heavy atom. The second-order valence-electron chi connectivity index (χ2n) is 4.96. The van der Waals surface area contributed by atoms with E-state index in [0.717, 1.165) is 17.0 Å². The summed E-state index contributed by atoms with van der Waals surface area (Å²) in [7, 11) is 0. The van der Waals surface area contributed by atoms with Gasteiger partial charge < -0.3 is 5.73 Å². The van der Waals surface area contributed by atoms with Crippen LogP contribution in [0.25, 0.3) is 0 Å². The van der Waals surface area contributed by atoms with Crippen LogP contribution in [0.5, 0.6) is 0 Å². The Morgan fingerprint density at radius 1 is 1.33 bits per heavy atom. The first-order valence-corrected chi connectivity index (χ1v) is 6.65. The largest absolute Gasteiger partial charge is 0.350 e. The molecule has 1 aromatic carbocycles. The fraction of sp³-hybridized carbons (Fsp3) is 0.267. The van der Waals surface area contributed by atoms with Gasteiger partial charge in [-0.1, -0.05) is 29.8 Å². The molecule has 2 rings (SSSR count). The number of primary amides is 1. The first-order chi connectivity index (χ1) is 9.97. The molecular weight excluding hydrogens is 266 g/mol. The third-order valence-electron chi connectivity index (χ3n) is 3.26. The van der Waals surface area contributed by atoms with Crippen molar-refractivity contribution in [3.8, 4) is 0 Å². The first kappa shape index (κ1) is 14.8. The van der Waals surface area contributed by atoms with E-state index in [2.05, 4.69) is 46.8 Å². The lowest BCUT2D eigenvalue weighted by Gasteiger charge is -2.05. The van der Waals surface area contributed by atoms with Gasteiger partial charge in [0, 0.05) is 11.3 Å². The van der Waals surface area contributed by atoms with E-state index < -0.39 is 6.03 Å². The third kappa shape index (κ3) is 3.68. The Morgan fingerprint density at radius 3 is 2.62 bits per heavy atom. The summed E-state index contributed by atoms with van der Waals surface area (Å²) < 4.78 is 1.92. The molecule has 1 aromatic heterocycles. The molecule has 3 N–H and O–H groups in total. The molecular formula is C15H19N5O. The average molecular weight is 285 g/mol. The monoisotopic (exact) mass is 285 g/mol. The number of rotatable bonds is 4. The SMILES string of the molecule is Cc1ccc(Cn2nc(C)c(/C=N\NC(N)=O)c2C)cc1. The number of hydrazone groups is 1. The van der Waals surface area contributed by atoms with Crippen molar-refractivity contribution in [2.24, 2.45) is 10.8 Å². The summed E-state index contributed by atoms with van der Waals surface area (Å²) in [4.78, 5) is 10.6. The Labute approximate surface area is 123 Å². The normalized spacial score (nSPS) is 11.0. The fourth-order valence-electron chi connectivity index (χ4n) is 2.08. The van der Waals surface area contributed by atoms with Crippen molar-refractivity contribution in [2.75, 3.05) is 0 Å². The van der Waals surface area contributed by atoms with E-state index >= 15 is 0 Å². The summed E-state index contributed by atoms with van der Waals surface area (Å²) in [6.07, 6.45) is 1.56. The van der Waals surface area contributed by atoms with Gasteiger partial charge in [0.1, 0.15) is 0 Å². The van der Waals surface area contributed by atoms with Crippen molar-refractivity contribution < 1.29 is 4.79 Å². The van der Waals surface area contributed by atoms with E-state index in [9.17, 15) is 4.79 Å². The van der Waals surface area contributed by atoms with Gasteiger partial charge in [-0.15, -0.1) is 0 Å². The molecule has 6 heteroatoms. The van der Waals surface area contributed by atoms with Crippen LogP contribution >= 0.6 is 0 Å². The zero-order valence-corrected chi connectivity index (χ0v) is 12.4. The van der Waals surface area contributed by atoms with E-state index in [4.69, 9.17) is 5.73 Å². The average Bonchev–Trinajstić information content (AvgIpc) is 2.68. The van der Waals surface area contributed by atoms with E-state index in [1.165, 1.54) is 11.1 Å². The maximum absolute atomic E-state index is 10.6. The van der Waals surface area contributed by atoms with Crippen molar-refractivity contribution in [3.63, 3.8) is 0 Å². The molecule has 0 unspecified atom stereocenters.